The summed E-state index contributed by atoms with van der Waals surface area (Å²) in [6.07, 6.45) is 5.69. The quantitative estimate of drug-likeness (QED) is 0.255. The molecule has 0 bridgehead atoms. The standard InChI is InChI=1S/C28H24FN5O4/c29-26-13-18(14-30-27(26)34(36)37)19-15-31-33(16-19)20-9-11-32(12-10-20)28(35)38-17-25-23-7-3-1-5-21(23)22-6-2-4-8-24(22)25/h1-8,13-16,20,25H,9-12,17H2. The molecule has 2 aromatic carbocycles. The van der Waals surface area contributed by atoms with E-state index < -0.39 is 16.6 Å². The number of fused-ring (bicyclic) bond motifs is 3. The highest BCUT2D eigenvalue weighted by molar-refractivity contribution is 5.79. The van der Waals surface area contributed by atoms with Crippen LogP contribution in [0.2, 0.25) is 0 Å². The van der Waals surface area contributed by atoms with E-state index in [1.807, 2.05) is 24.3 Å². The van der Waals surface area contributed by atoms with Gasteiger partial charge in [0.2, 0.25) is 5.82 Å². The molecule has 0 N–H and O–H groups in total. The van der Waals surface area contributed by atoms with Gasteiger partial charge in [0.15, 0.2) is 0 Å². The van der Waals surface area contributed by atoms with E-state index in [1.54, 1.807) is 22.0 Å². The van der Waals surface area contributed by atoms with Crippen LogP contribution in [-0.2, 0) is 4.74 Å². The molecule has 4 aromatic rings. The molecule has 0 radical (unpaired) electrons. The Balaban J connectivity index is 1.06. The molecule has 3 heterocycles. The first-order valence-corrected chi connectivity index (χ1v) is 12.4. The molecule has 2 aliphatic rings. The van der Waals surface area contributed by atoms with Crippen LogP contribution in [0.15, 0.2) is 73.2 Å². The third-order valence-corrected chi connectivity index (χ3v) is 7.36. The number of piperidine rings is 1. The zero-order valence-electron chi connectivity index (χ0n) is 20.4. The fourth-order valence-electron chi connectivity index (χ4n) is 5.41. The highest BCUT2D eigenvalue weighted by atomic mass is 19.1. The Morgan fingerprint density at radius 1 is 1.03 bits per heavy atom. The van der Waals surface area contributed by atoms with Gasteiger partial charge in [-0.1, -0.05) is 48.5 Å². The van der Waals surface area contributed by atoms with Crippen LogP contribution in [0.4, 0.5) is 15.0 Å². The zero-order chi connectivity index (χ0) is 26.2. The Morgan fingerprint density at radius 2 is 1.68 bits per heavy atom. The summed E-state index contributed by atoms with van der Waals surface area (Å²) in [5, 5.41) is 15.2. The van der Waals surface area contributed by atoms with Gasteiger partial charge in [-0.15, -0.1) is 0 Å². The number of hydrogen-bond donors (Lipinski definition) is 0. The lowest BCUT2D eigenvalue weighted by Crippen LogP contribution is -2.39. The molecule has 9 nitrogen and oxygen atoms in total. The summed E-state index contributed by atoms with van der Waals surface area (Å²) in [5.41, 5.74) is 5.77. The van der Waals surface area contributed by atoms with E-state index >= 15 is 0 Å². The minimum Gasteiger partial charge on any atom is -0.448 e. The molecule has 38 heavy (non-hydrogen) atoms. The number of pyridine rings is 1. The molecule has 6 rings (SSSR count). The second-order valence-corrected chi connectivity index (χ2v) is 9.52. The van der Waals surface area contributed by atoms with Crippen LogP contribution >= 0.6 is 0 Å². The van der Waals surface area contributed by atoms with Gasteiger partial charge in [-0.2, -0.15) is 9.49 Å². The van der Waals surface area contributed by atoms with Gasteiger partial charge < -0.3 is 19.8 Å². The summed E-state index contributed by atoms with van der Waals surface area (Å²) in [5.74, 6) is -1.77. The van der Waals surface area contributed by atoms with Gasteiger partial charge in [0.1, 0.15) is 12.8 Å². The average Bonchev–Trinajstić information content (AvgIpc) is 3.55. The lowest BCUT2D eigenvalue weighted by Gasteiger charge is -2.31. The van der Waals surface area contributed by atoms with Crippen molar-refractivity contribution in [3.05, 3.63) is 100 Å². The van der Waals surface area contributed by atoms with Crippen molar-refractivity contribution in [1.29, 1.82) is 0 Å². The van der Waals surface area contributed by atoms with Crippen molar-refractivity contribution in [2.45, 2.75) is 24.8 Å². The predicted octanol–water partition coefficient (Wildman–Crippen LogP) is 5.58. The number of nitrogens with zero attached hydrogens (tertiary/aromatic N) is 5. The van der Waals surface area contributed by atoms with E-state index in [2.05, 4.69) is 34.3 Å². The number of carbonyl (C=O) groups is 1. The maximum Gasteiger partial charge on any atom is 0.409 e. The van der Waals surface area contributed by atoms with Crippen LogP contribution in [0.5, 0.6) is 0 Å². The number of benzene rings is 2. The molecule has 1 aliphatic heterocycles. The topological polar surface area (TPSA) is 103 Å². The van der Waals surface area contributed by atoms with Crippen LogP contribution in [0.25, 0.3) is 22.3 Å². The van der Waals surface area contributed by atoms with Crippen molar-refractivity contribution in [2.24, 2.45) is 0 Å². The van der Waals surface area contributed by atoms with Gasteiger partial charge >= 0.3 is 11.9 Å². The summed E-state index contributed by atoms with van der Waals surface area (Å²) in [4.78, 5) is 28.2. The lowest BCUT2D eigenvalue weighted by molar-refractivity contribution is -0.392. The first kappa shape index (κ1) is 23.8. The highest BCUT2D eigenvalue weighted by Crippen LogP contribution is 2.44. The summed E-state index contributed by atoms with van der Waals surface area (Å²) >= 11 is 0. The van der Waals surface area contributed by atoms with Gasteiger partial charge in [-0.25, -0.2) is 4.79 Å². The first-order chi connectivity index (χ1) is 18.5. The molecule has 1 aliphatic carbocycles. The van der Waals surface area contributed by atoms with Crippen LogP contribution in [-0.4, -0.2) is 50.4 Å². The van der Waals surface area contributed by atoms with Gasteiger partial charge in [0.25, 0.3) is 0 Å². The maximum absolute atomic E-state index is 14.0. The van der Waals surface area contributed by atoms with E-state index in [0.29, 0.717) is 37.1 Å². The van der Waals surface area contributed by atoms with Crippen molar-refractivity contribution in [3.63, 3.8) is 0 Å². The number of amides is 1. The second-order valence-electron chi connectivity index (χ2n) is 9.52. The monoisotopic (exact) mass is 513 g/mol. The number of carbonyl (C=O) groups excluding carboxylic acids is 1. The summed E-state index contributed by atoms with van der Waals surface area (Å²) in [6, 6.07) is 17.6. The van der Waals surface area contributed by atoms with Crippen LogP contribution in [0, 0.1) is 15.9 Å². The predicted molar refractivity (Wildman–Crippen MR) is 137 cm³/mol. The number of aromatic nitrogens is 3. The Kier molecular flexibility index (Phi) is 6.07. The number of ether oxygens (including phenoxy) is 1. The molecule has 1 fully saturated rings. The molecule has 0 saturated carbocycles. The Bertz CT molecular complexity index is 1480. The van der Waals surface area contributed by atoms with E-state index in [-0.39, 0.29) is 24.7 Å². The number of rotatable bonds is 5. The maximum atomic E-state index is 14.0. The van der Waals surface area contributed by atoms with E-state index in [0.717, 1.165) is 6.07 Å². The molecule has 2 aromatic heterocycles. The average molecular weight is 514 g/mol. The van der Waals surface area contributed by atoms with E-state index in [4.69, 9.17) is 4.74 Å². The molecular weight excluding hydrogens is 489 g/mol. The Hall–Kier alpha value is -4.60. The minimum absolute atomic E-state index is 0.0186. The van der Waals surface area contributed by atoms with E-state index in [9.17, 15) is 19.3 Å². The fraction of sp³-hybridized carbons (Fsp3) is 0.250. The largest absolute Gasteiger partial charge is 0.448 e. The number of hydrogen-bond acceptors (Lipinski definition) is 6. The SMILES string of the molecule is O=C(OCC1c2ccccc2-c2ccccc21)N1CCC(n2cc(-c3cnc([N+](=O)[O-])c(F)c3)cn2)CC1. The smallest absolute Gasteiger partial charge is 0.409 e. The number of likely N-dealkylation sites (tertiary alicyclic amines) is 1. The molecule has 0 spiro atoms. The van der Waals surface area contributed by atoms with Gasteiger partial charge in [0.05, 0.1) is 12.2 Å². The molecule has 1 saturated heterocycles. The molecule has 1 amide bonds. The third kappa shape index (κ3) is 4.27. The normalized spacial score (nSPS) is 15.2. The van der Waals surface area contributed by atoms with Gasteiger partial charge in [0, 0.05) is 36.3 Å². The Labute approximate surface area is 217 Å². The van der Waals surface area contributed by atoms with Gasteiger partial charge in [-0.05, 0) is 51.1 Å². The molecular formula is C28H24FN5O4. The summed E-state index contributed by atoms with van der Waals surface area (Å²) in [6.45, 7) is 1.35. The number of nitro groups is 1. The van der Waals surface area contributed by atoms with E-state index in [1.165, 1.54) is 28.5 Å². The first-order valence-electron chi connectivity index (χ1n) is 12.4. The van der Waals surface area contributed by atoms with Crippen LogP contribution in [0.1, 0.15) is 35.9 Å². The Morgan fingerprint density at radius 3 is 2.32 bits per heavy atom. The van der Waals surface area contributed by atoms with Crippen LogP contribution < -0.4 is 0 Å². The molecule has 0 atom stereocenters. The fourth-order valence-corrected chi connectivity index (χ4v) is 5.41. The van der Waals surface area contributed by atoms with Crippen molar-refractivity contribution in [1.82, 2.24) is 19.7 Å². The van der Waals surface area contributed by atoms with Crippen molar-refractivity contribution in [3.8, 4) is 22.3 Å². The molecule has 10 heteroatoms. The minimum atomic E-state index is -0.989. The third-order valence-electron chi connectivity index (χ3n) is 7.36. The zero-order valence-corrected chi connectivity index (χ0v) is 20.4. The summed E-state index contributed by atoms with van der Waals surface area (Å²) in [7, 11) is 0. The van der Waals surface area contributed by atoms with Gasteiger partial charge in [-0.3, -0.25) is 4.68 Å². The highest BCUT2D eigenvalue weighted by Gasteiger charge is 2.31. The lowest BCUT2D eigenvalue weighted by atomic mass is 9.98. The number of halogens is 1. The van der Waals surface area contributed by atoms with Crippen molar-refractivity contribution < 1.29 is 18.8 Å². The summed E-state index contributed by atoms with van der Waals surface area (Å²) < 4.78 is 21.6. The second kappa shape index (κ2) is 9.70. The van der Waals surface area contributed by atoms with Crippen LogP contribution in [0.3, 0.4) is 0 Å². The molecule has 192 valence electrons. The molecule has 0 unspecified atom stereocenters. The van der Waals surface area contributed by atoms with Crippen molar-refractivity contribution in [2.75, 3.05) is 19.7 Å². The van der Waals surface area contributed by atoms with Crippen molar-refractivity contribution >= 4 is 11.9 Å².